The minimum atomic E-state index is -4.20. The van der Waals surface area contributed by atoms with E-state index in [2.05, 4.69) is 5.32 Å². The number of nitrogens with one attached hydrogen (secondary N) is 1. The van der Waals surface area contributed by atoms with Gasteiger partial charge in [0.25, 0.3) is 5.91 Å². The molecule has 1 heterocycles. The van der Waals surface area contributed by atoms with E-state index in [-0.39, 0.29) is 47.0 Å². The topological polar surface area (TPSA) is 139 Å². The lowest BCUT2D eigenvalue weighted by Crippen LogP contribution is -2.53. The molecule has 2 atom stereocenters. The Labute approximate surface area is 241 Å². The Morgan fingerprint density at radius 2 is 1.80 bits per heavy atom. The van der Waals surface area contributed by atoms with Gasteiger partial charge < -0.3 is 10.1 Å². The predicted octanol–water partition coefficient (Wildman–Crippen LogP) is 3.99. The summed E-state index contributed by atoms with van der Waals surface area (Å²) in [5.74, 6) is -4.21. The zero-order chi connectivity index (χ0) is 29.9. The fraction of sp³-hybridized carbons (Fsp3) is 0.444. The molecule has 4 rings (SSSR count). The molecule has 2 aliphatic rings. The van der Waals surface area contributed by atoms with Gasteiger partial charge >= 0.3 is 6.09 Å². The predicted molar refractivity (Wildman–Crippen MR) is 147 cm³/mol. The van der Waals surface area contributed by atoms with Crippen LogP contribution in [0.5, 0.6) is 0 Å². The van der Waals surface area contributed by atoms with Gasteiger partial charge in [-0.1, -0.05) is 35.9 Å². The van der Waals surface area contributed by atoms with Crippen LogP contribution in [0.3, 0.4) is 0 Å². The van der Waals surface area contributed by atoms with Crippen molar-refractivity contribution in [2.45, 2.75) is 67.5 Å². The maximum atomic E-state index is 14.3. The summed E-state index contributed by atoms with van der Waals surface area (Å²) in [6, 6.07) is 8.44. The fourth-order valence-electron chi connectivity index (χ4n) is 5.29. The number of nitrogens with zero attached hydrogens (tertiary/aromatic N) is 2. The second-order valence-corrected chi connectivity index (χ2v) is 12.1. The molecule has 0 radical (unpaired) electrons. The Balaban J connectivity index is 1.84. The SMILES string of the molecule is COC(=O)N1CCCC1C(=O)N(c1cccc(S(N)(=O)=O)c1)[C@H](C(=O)NC1CCC(F)(F)CC1)c1ccccc1Cl. The lowest BCUT2D eigenvalue weighted by Gasteiger charge is -2.37. The van der Waals surface area contributed by atoms with E-state index in [1.807, 2.05) is 0 Å². The van der Waals surface area contributed by atoms with Crippen molar-refractivity contribution in [1.29, 1.82) is 0 Å². The number of sulfonamides is 1. The Kier molecular flexibility index (Phi) is 9.19. The van der Waals surface area contributed by atoms with Crippen molar-refractivity contribution in [3.8, 4) is 0 Å². The molecule has 2 fully saturated rings. The highest BCUT2D eigenvalue weighted by atomic mass is 35.5. The molecule has 1 aliphatic carbocycles. The van der Waals surface area contributed by atoms with Crippen LogP contribution in [0.25, 0.3) is 0 Å². The van der Waals surface area contributed by atoms with E-state index in [1.54, 1.807) is 12.1 Å². The molecular weight excluding hydrogens is 582 g/mol. The highest BCUT2D eigenvalue weighted by Gasteiger charge is 2.44. The molecule has 222 valence electrons. The minimum absolute atomic E-state index is 0.00786. The maximum absolute atomic E-state index is 14.3. The Morgan fingerprint density at radius 1 is 1.12 bits per heavy atom. The highest BCUT2D eigenvalue weighted by Crippen LogP contribution is 2.37. The number of hydrogen-bond donors (Lipinski definition) is 2. The smallest absolute Gasteiger partial charge is 0.410 e. The monoisotopic (exact) mass is 612 g/mol. The normalized spacial score (nSPS) is 19.8. The number of rotatable bonds is 7. The van der Waals surface area contributed by atoms with Crippen LogP contribution < -0.4 is 15.4 Å². The maximum Gasteiger partial charge on any atom is 0.410 e. The van der Waals surface area contributed by atoms with Gasteiger partial charge in [0.2, 0.25) is 21.9 Å². The van der Waals surface area contributed by atoms with Crippen LogP contribution in [0.15, 0.2) is 53.4 Å². The number of benzene rings is 2. The molecular formula is C27H31ClF2N4O6S. The number of methoxy groups -OCH3 is 1. The number of alkyl halides is 2. The zero-order valence-electron chi connectivity index (χ0n) is 22.3. The van der Waals surface area contributed by atoms with Crippen molar-refractivity contribution >= 4 is 45.2 Å². The average molecular weight is 613 g/mol. The van der Waals surface area contributed by atoms with Crippen molar-refractivity contribution in [1.82, 2.24) is 10.2 Å². The first-order valence-electron chi connectivity index (χ1n) is 13.1. The molecule has 0 bridgehead atoms. The van der Waals surface area contributed by atoms with E-state index in [0.717, 1.165) is 11.0 Å². The van der Waals surface area contributed by atoms with Gasteiger partial charge in [0.1, 0.15) is 12.1 Å². The molecule has 0 aromatic heterocycles. The first-order chi connectivity index (χ1) is 19.3. The standard InChI is InChI=1S/C27H31ClF2N4O6S/c1-40-26(37)33-15-5-10-22(33)25(36)34(18-6-4-7-19(16-18)41(31,38)39)23(20-8-2-3-9-21(20)28)24(35)32-17-11-13-27(29,30)14-12-17/h2-4,6-9,16-17,22-23H,5,10-15H2,1H3,(H,32,35)(H2,31,38,39)/t22?,23-/m0/s1. The molecule has 3 amide bonds. The van der Waals surface area contributed by atoms with E-state index in [9.17, 15) is 31.6 Å². The van der Waals surface area contributed by atoms with Gasteiger partial charge in [-0.2, -0.15) is 0 Å². The van der Waals surface area contributed by atoms with Gasteiger partial charge in [0.15, 0.2) is 0 Å². The number of anilines is 1. The highest BCUT2D eigenvalue weighted by molar-refractivity contribution is 7.89. The van der Waals surface area contributed by atoms with Crippen molar-refractivity contribution in [3.05, 3.63) is 59.1 Å². The molecule has 2 aromatic carbocycles. The van der Waals surface area contributed by atoms with Crippen LogP contribution in [0.4, 0.5) is 19.3 Å². The average Bonchev–Trinajstić information content (AvgIpc) is 3.42. The molecule has 10 nitrogen and oxygen atoms in total. The van der Waals surface area contributed by atoms with Crippen LogP contribution in [-0.2, 0) is 24.3 Å². The summed E-state index contributed by atoms with van der Waals surface area (Å²) >= 11 is 6.53. The molecule has 1 saturated heterocycles. The van der Waals surface area contributed by atoms with Crippen molar-refractivity contribution in [2.75, 3.05) is 18.6 Å². The van der Waals surface area contributed by atoms with Gasteiger partial charge in [0, 0.05) is 41.7 Å². The Morgan fingerprint density at radius 3 is 2.44 bits per heavy atom. The molecule has 41 heavy (non-hydrogen) atoms. The second kappa shape index (κ2) is 12.3. The largest absolute Gasteiger partial charge is 0.453 e. The molecule has 1 unspecified atom stereocenters. The Hall–Kier alpha value is -3.29. The van der Waals surface area contributed by atoms with E-state index in [0.29, 0.717) is 6.42 Å². The van der Waals surface area contributed by atoms with Crippen LogP contribution in [0.1, 0.15) is 50.1 Å². The van der Waals surface area contributed by atoms with Gasteiger partial charge in [-0.15, -0.1) is 0 Å². The number of halogens is 3. The summed E-state index contributed by atoms with van der Waals surface area (Å²) in [4.78, 5) is 42.8. The lowest BCUT2D eigenvalue weighted by atomic mass is 9.91. The van der Waals surface area contributed by atoms with Crippen LogP contribution in [0.2, 0.25) is 5.02 Å². The third kappa shape index (κ3) is 6.96. The van der Waals surface area contributed by atoms with Crippen LogP contribution in [0, 0.1) is 0 Å². The van der Waals surface area contributed by atoms with Gasteiger partial charge in [-0.3, -0.25) is 19.4 Å². The molecule has 1 saturated carbocycles. The molecule has 3 N–H and O–H groups in total. The third-order valence-corrected chi connectivity index (χ3v) is 8.63. The van der Waals surface area contributed by atoms with Crippen LogP contribution >= 0.6 is 11.6 Å². The summed E-state index contributed by atoms with van der Waals surface area (Å²) in [6.07, 6.45) is -0.735. The van der Waals surface area contributed by atoms with Gasteiger partial charge in [-0.25, -0.2) is 27.1 Å². The molecule has 0 spiro atoms. The summed E-state index contributed by atoms with van der Waals surface area (Å²) in [7, 11) is -3.02. The first kappa shape index (κ1) is 30.7. The zero-order valence-corrected chi connectivity index (χ0v) is 23.8. The lowest BCUT2D eigenvalue weighted by molar-refractivity contribution is -0.129. The van der Waals surface area contributed by atoms with E-state index in [1.165, 1.54) is 42.3 Å². The summed E-state index contributed by atoms with van der Waals surface area (Å²) < 4.78 is 56.9. The number of nitrogens with two attached hydrogens (primary N) is 1. The molecule has 1 aliphatic heterocycles. The van der Waals surface area contributed by atoms with Crippen LogP contribution in [-0.4, -0.2) is 62.9 Å². The quantitative estimate of drug-likeness (QED) is 0.485. The number of ether oxygens (including phenoxy) is 1. The number of hydrogen-bond acceptors (Lipinski definition) is 6. The summed E-state index contributed by atoms with van der Waals surface area (Å²) in [6.45, 7) is 0.230. The van der Waals surface area contributed by atoms with E-state index >= 15 is 0 Å². The third-order valence-electron chi connectivity index (χ3n) is 7.38. The molecule has 2 aromatic rings. The number of carbonyl (C=O) groups is 3. The number of primary sulfonamides is 1. The minimum Gasteiger partial charge on any atom is -0.453 e. The van der Waals surface area contributed by atoms with E-state index in [4.69, 9.17) is 21.5 Å². The van der Waals surface area contributed by atoms with E-state index < -0.39 is 64.8 Å². The van der Waals surface area contributed by atoms with Crippen molar-refractivity contribution in [3.63, 3.8) is 0 Å². The number of carbonyl (C=O) groups excluding carboxylic acids is 3. The van der Waals surface area contributed by atoms with Crippen molar-refractivity contribution < 1.29 is 36.3 Å². The molecule has 14 heteroatoms. The second-order valence-electron chi connectivity index (χ2n) is 10.1. The fourth-order valence-corrected chi connectivity index (χ4v) is 6.09. The Bertz CT molecular complexity index is 1420. The number of likely N-dealkylation sites (tertiary alicyclic amines) is 1. The van der Waals surface area contributed by atoms with Gasteiger partial charge in [0.05, 0.1) is 12.0 Å². The summed E-state index contributed by atoms with van der Waals surface area (Å²) in [5.41, 5.74) is 0.221. The van der Waals surface area contributed by atoms with Gasteiger partial charge in [-0.05, 0) is 49.9 Å². The number of amides is 3. The summed E-state index contributed by atoms with van der Waals surface area (Å²) in [5, 5.41) is 8.29. The van der Waals surface area contributed by atoms with Crippen molar-refractivity contribution in [2.24, 2.45) is 5.14 Å². The first-order valence-corrected chi connectivity index (χ1v) is 15.0.